The summed E-state index contributed by atoms with van der Waals surface area (Å²) >= 11 is 0. The molecule has 0 N–H and O–H groups in total. The highest BCUT2D eigenvalue weighted by molar-refractivity contribution is 5.47. The molecule has 2 heteroatoms. The van der Waals surface area contributed by atoms with Crippen LogP contribution in [-0.2, 0) is 11.3 Å². The molecule has 110 valence electrons. The molecule has 1 atom stereocenters. The van der Waals surface area contributed by atoms with E-state index in [0.29, 0.717) is 12.5 Å². The van der Waals surface area contributed by atoms with Gasteiger partial charge in [0, 0.05) is 13.1 Å². The Hall–Kier alpha value is -2.09. The molecule has 0 radical (unpaired) electrons. The van der Waals surface area contributed by atoms with Crippen LogP contribution in [0.5, 0.6) is 0 Å². The van der Waals surface area contributed by atoms with Crippen molar-refractivity contribution in [2.75, 3.05) is 6.54 Å². The van der Waals surface area contributed by atoms with Crippen LogP contribution < -0.4 is 0 Å². The minimum Gasteiger partial charge on any atom is -0.341 e. The summed E-state index contributed by atoms with van der Waals surface area (Å²) < 4.78 is 0. The lowest BCUT2D eigenvalue weighted by Crippen LogP contribution is -2.22. The maximum atomic E-state index is 11.2. The maximum absolute atomic E-state index is 11.2. The van der Waals surface area contributed by atoms with Crippen LogP contribution in [0.4, 0.5) is 0 Å². The fourth-order valence-corrected chi connectivity index (χ4v) is 2.54. The molecule has 0 fully saturated rings. The van der Waals surface area contributed by atoms with Crippen molar-refractivity contribution in [1.29, 1.82) is 0 Å². The topological polar surface area (TPSA) is 20.3 Å². The van der Waals surface area contributed by atoms with E-state index in [1.165, 1.54) is 11.1 Å². The molecule has 0 aliphatic carbocycles. The van der Waals surface area contributed by atoms with Crippen molar-refractivity contribution >= 4 is 6.41 Å². The minimum absolute atomic E-state index is 0.538. The molecule has 0 spiro atoms. The number of carbonyl (C=O) groups is 1. The van der Waals surface area contributed by atoms with Gasteiger partial charge in [0.2, 0.25) is 6.41 Å². The molecule has 0 saturated heterocycles. The molecule has 2 aromatic rings. The third-order valence-corrected chi connectivity index (χ3v) is 3.83. The second-order valence-corrected chi connectivity index (χ2v) is 5.52. The Balaban J connectivity index is 1.77. The van der Waals surface area contributed by atoms with E-state index in [4.69, 9.17) is 0 Å². The van der Waals surface area contributed by atoms with Crippen molar-refractivity contribution in [1.82, 2.24) is 4.90 Å². The molecule has 0 aliphatic heterocycles. The van der Waals surface area contributed by atoms with E-state index < -0.39 is 0 Å². The van der Waals surface area contributed by atoms with Gasteiger partial charge in [0.1, 0.15) is 0 Å². The van der Waals surface area contributed by atoms with Crippen LogP contribution in [0.15, 0.2) is 60.7 Å². The van der Waals surface area contributed by atoms with Crippen molar-refractivity contribution < 1.29 is 4.79 Å². The zero-order chi connectivity index (χ0) is 14.9. The van der Waals surface area contributed by atoms with Gasteiger partial charge in [0.15, 0.2) is 0 Å². The van der Waals surface area contributed by atoms with E-state index in [9.17, 15) is 4.79 Å². The monoisotopic (exact) mass is 281 g/mol. The van der Waals surface area contributed by atoms with Gasteiger partial charge >= 0.3 is 0 Å². The molecule has 2 rings (SSSR count). The van der Waals surface area contributed by atoms with Crippen LogP contribution in [0, 0.1) is 0 Å². The number of rotatable bonds is 8. The standard InChI is InChI=1S/C19H23NO/c1-17(19-12-6-3-7-13-19)9-8-14-20(16-21)15-18-10-4-2-5-11-18/h2-7,10-13,16-17H,8-9,14-15H2,1H3. The largest absolute Gasteiger partial charge is 0.341 e. The third-order valence-electron chi connectivity index (χ3n) is 3.83. The van der Waals surface area contributed by atoms with Crippen molar-refractivity contribution in [2.45, 2.75) is 32.2 Å². The Labute approximate surface area is 127 Å². The summed E-state index contributed by atoms with van der Waals surface area (Å²) in [7, 11) is 0. The Bertz CT molecular complexity index is 524. The fraction of sp³-hybridized carbons (Fsp3) is 0.316. The number of nitrogens with zero attached hydrogens (tertiary/aromatic N) is 1. The quantitative estimate of drug-likeness (QED) is 0.663. The molecule has 0 saturated carbocycles. The highest BCUT2D eigenvalue weighted by atomic mass is 16.1. The first kappa shape index (κ1) is 15.3. The Morgan fingerprint density at radius 2 is 1.62 bits per heavy atom. The van der Waals surface area contributed by atoms with Gasteiger partial charge in [-0.1, -0.05) is 67.6 Å². The lowest BCUT2D eigenvalue weighted by atomic mass is 9.96. The summed E-state index contributed by atoms with van der Waals surface area (Å²) in [5.41, 5.74) is 2.55. The van der Waals surface area contributed by atoms with Crippen LogP contribution in [0.2, 0.25) is 0 Å². The molecule has 1 unspecified atom stereocenters. The first-order valence-corrected chi connectivity index (χ1v) is 7.58. The summed E-state index contributed by atoms with van der Waals surface area (Å²) in [5.74, 6) is 0.538. The van der Waals surface area contributed by atoms with Gasteiger partial charge in [-0.2, -0.15) is 0 Å². The Kier molecular flexibility index (Phi) is 6.01. The van der Waals surface area contributed by atoms with E-state index in [-0.39, 0.29) is 0 Å². The van der Waals surface area contributed by atoms with E-state index in [2.05, 4.69) is 43.3 Å². The van der Waals surface area contributed by atoms with Crippen LogP contribution in [0.25, 0.3) is 0 Å². The molecular weight excluding hydrogens is 258 g/mol. The summed E-state index contributed by atoms with van der Waals surface area (Å²) in [5, 5.41) is 0. The van der Waals surface area contributed by atoms with Crippen molar-refractivity contribution in [2.24, 2.45) is 0 Å². The predicted octanol–water partition coefficient (Wildman–Crippen LogP) is 4.23. The van der Waals surface area contributed by atoms with Crippen LogP contribution in [0.3, 0.4) is 0 Å². The third kappa shape index (κ3) is 5.07. The Morgan fingerprint density at radius 1 is 1.00 bits per heavy atom. The molecule has 1 amide bonds. The van der Waals surface area contributed by atoms with Crippen LogP contribution >= 0.6 is 0 Å². The van der Waals surface area contributed by atoms with Gasteiger partial charge in [-0.3, -0.25) is 4.79 Å². The zero-order valence-corrected chi connectivity index (χ0v) is 12.6. The van der Waals surface area contributed by atoms with Crippen LogP contribution in [0.1, 0.15) is 36.8 Å². The van der Waals surface area contributed by atoms with Gasteiger partial charge in [-0.15, -0.1) is 0 Å². The number of amides is 1. The van der Waals surface area contributed by atoms with Gasteiger partial charge < -0.3 is 4.90 Å². The van der Waals surface area contributed by atoms with E-state index >= 15 is 0 Å². The Morgan fingerprint density at radius 3 is 2.24 bits per heavy atom. The smallest absolute Gasteiger partial charge is 0.210 e. The van der Waals surface area contributed by atoms with Gasteiger partial charge in [-0.25, -0.2) is 0 Å². The molecule has 0 bridgehead atoms. The number of carbonyl (C=O) groups excluding carboxylic acids is 1. The zero-order valence-electron chi connectivity index (χ0n) is 12.6. The summed E-state index contributed by atoms with van der Waals surface area (Å²) in [6.07, 6.45) is 3.09. The lowest BCUT2D eigenvalue weighted by Gasteiger charge is -2.19. The molecule has 21 heavy (non-hydrogen) atoms. The summed E-state index contributed by atoms with van der Waals surface area (Å²) in [4.78, 5) is 13.0. The predicted molar refractivity (Wildman–Crippen MR) is 87.0 cm³/mol. The van der Waals surface area contributed by atoms with E-state index in [0.717, 1.165) is 25.8 Å². The normalized spacial score (nSPS) is 11.9. The van der Waals surface area contributed by atoms with Gasteiger partial charge in [0.25, 0.3) is 0 Å². The lowest BCUT2D eigenvalue weighted by molar-refractivity contribution is -0.118. The van der Waals surface area contributed by atoms with Crippen molar-refractivity contribution in [3.05, 3.63) is 71.8 Å². The maximum Gasteiger partial charge on any atom is 0.210 e. The van der Waals surface area contributed by atoms with E-state index in [1.807, 2.05) is 29.2 Å². The second-order valence-electron chi connectivity index (χ2n) is 5.52. The molecule has 0 aliphatic rings. The molecule has 0 heterocycles. The molecule has 2 nitrogen and oxygen atoms in total. The summed E-state index contributed by atoms with van der Waals surface area (Å²) in [6, 6.07) is 20.7. The SMILES string of the molecule is CC(CCCN(C=O)Cc1ccccc1)c1ccccc1. The summed E-state index contributed by atoms with van der Waals surface area (Å²) in [6.45, 7) is 3.76. The molecule has 0 aromatic heterocycles. The number of hydrogen-bond donors (Lipinski definition) is 0. The first-order valence-electron chi connectivity index (χ1n) is 7.58. The average molecular weight is 281 g/mol. The highest BCUT2D eigenvalue weighted by Gasteiger charge is 2.07. The average Bonchev–Trinajstić information content (AvgIpc) is 2.55. The number of benzene rings is 2. The van der Waals surface area contributed by atoms with Gasteiger partial charge in [-0.05, 0) is 29.9 Å². The van der Waals surface area contributed by atoms with Crippen molar-refractivity contribution in [3.8, 4) is 0 Å². The second kappa shape index (κ2) is 8.25. The van der Waals surface area contributed by atoms with Gasteiger partial charge in [0.05, 0.1) is 0 Å². The molecule has 2 aromatic carbocycles. The van der Waals surface area contributed by atoms with Crippen LogP contribution in [-0.4, -0.2) is 17.9 Å². The highest BCUT2D eigenvalue weighted by Crippen LogP contribution is 2.20. The fourth-order valence-electron chi connectivity index (χ4n) is 2.54. The first-order chi connectivity index (χ1) is 10.3. The molecular formula is C19H23NO. The number of hydrogen-bond acceptors (Lipinski definition) is 1. The van der Waals surface area contributed by atoms with Crippen molar-refractivity contribution in [3.63, 3.8) is 0 Å². The van der Waals surface area contributed by atoms with E-state index in [1.54, 1.807) is 0 Å². The minimum atomic E-state index is 0.538.